The zero-order valence-corrected chi connectivity index (χ0v) is 12.3. The van der Waals surface area contributed by atoms with Crippen LogP contribution < -0.4 is 10.1 Å². The predicted molar refractivity (Wildman–Crippen MR) is 76.4 cm³/mol. The van der Waals surface area contributed by atoms with Crippen molar-refractivity contribution in [1.82, 2.24) is 15.3 Å². The lowest BCUT2D eigenvalue weighted by Crippen LogP contribution is -2.18. The van der Waals surface area contributed by atoms with Gasteiger partial charge in [-0.05, 0) is 19.3 Å². The van der Waals surface area contributed by atoms with E-state index in [4.69, 9.17) is 4.74 Å². The van der Waals surface area contributed by atoms with Crippen molar-refractivity contribution in [2.45, 2.75) is 65.0 Å². The summed E-state index contributed by atoms with van der Waals surface area (Å²) in [5, 5.41) is 3.50. The summed E-state index contributed by atoms with van der Waals surface area (Å²) in [6.07, 6.45) is 6.62. The molecule has 1 saturated carbocycles. The van der Waals surface area contributed by atoms with Gasteiger partial charge in [0.2, 0.25) is 0 Å². The number of hydrogen-bond acceptors (Lipinski definition) is 4. The van der Waals surface area contributed by atoms with Crippen LogP contribution in [0.25, 0.3) is 0 Å². The first-order valence-electron chi connectivity index (χ1n) is 7.42. The van der Waals surface area contributed by atoms with Crippen LogP contribution in [0.3, 0.4) is 0 Å². The molecule has 0 bridgehead atoms. The van der Waals surface area contributed by atoms with Gasteiger partial charge in [0.1, 0.15) is 5.82 Å². The third kappa shape index (κ3) is 4.46. The molecule has 106 valence electrons. The van der Waals surface area contributed by atoms with Crippen molar-refractivity contribution in [2.24, 2.45) is 0 Å². The molecule has 0 aromatic carbocycles. The van der Waals surface area contributed by atoms with Gasteiger partial charge in [0, 0.05) is 18.5 Å². The van der Waals surface area contributed by atoms with E-state index < -0.39 is 0 Å². The van der Waals surface area contributed by atoms with Gasteiger partial charge in [-0.25, -0.2) is 9.97 Å². The average molecular weight is 263 g/mol. The highest BCUT2D eigenvalue weighted by atomic mass is 16.5. The number of ether oxygens (including phenoxy) is 1. The second-order valence-electron chi connectivity index (χ2n) is 5.55. The lowest BCUT2D eigenvalue weighted by molar-refractivity contribution is 0.301. The van der Waals surface area contributed by atoms with Crippen molar-refractivity contribution in [3.63, 3.8) is 0 Å². The molecule has 1 heterocycles. The molecule has 0 saturated heterocycles. The molecule has 1 aromatic heterocycles. The Labute approximate surface area is 116 Å². The third-order valence-corrected chi connectivity index (χ3v) is 3.26. The van der Waals surface area contributed by atoms with Crippen molar-refractivity contribution in [1.29, 1.82) is 0 Å². The van der Waals surface area contributed by atoms with Crippen LogP contribution in [0.4, 0.5) is 0 Å². The maximum absolute atomic E-state index is 5.80. The molecule has 1 aliphatic rings. The van der Waals surface area contributed by atoms with Crippen LogP contribution in [0.1, 0.15) is 63.9 Å². The standard InChI is InChI=1S/C15H25N3O/c1-4-5-8-19-14-10-17-15(11(2)3)18-13(14)9-16-12-6-7-12/h10-12,16H,4-9H2,1-3H3. The summed E-state index contributed by atoms with van der Waals surface area (Å²) in [7, 11) is 0. The van der Waals surface area contributed by atoms with Gasteiger partial charge in [-0.2, -0.15) is 0 Å². The lowest BCUT2D eigenvalue weighted by Gasteiger charge is -2.13. The molecule has 19 heavy (non-hydrogen) atoms. The Morgan fingerprint density at radius 2 is 2.21 bits per heavy atom. The zero-order valence-electron chi connectivity index (χ0n) is 12.3. The SMILES string of the molecule is CCCCOc1cnc(C(C)C)nc1CNC1CC1. The molecule has 0 spiro atoms. The summed E-state index contributed by atoms with van der Waals surface area (Å²) in [5.74, 6) is 2.09. The van der Waals surface area contributed by atoms with Crippen molar-refractivity contribution < 1.29 is 4.74 Å². The molecule has 4 heteroatoms. The molecule has 0 radical (unpaired) electrons. The minimum absolute atomic E-state index is 0.351. The Bertz CT molecular complexity index is 402. The van der Waals surface area contributed by atoms with Crippen LogP contribution in [0.2, 0.25) is 0 Å². The number of rotatable bonds is 8. The topological polar surface area (TPSA) is 47.0 Å². The number of nitrogens with one attached hydrogen (secondary N) is 1. The van der Waals surface area contributed by atoms with Crippen LogP contribution in [-0.4, -0.2) is 22.6 Å². The fourth-order valence-corrected chi connectivity index (χ4v) is 1.80. The molecule has 1 fully saturated rings. The highest BCUT2D eigenvalue weighted by Crippen LogP contribution is 2.22. The molecule has 1 N–H and O–H groups in total. The van der Waals surface area contributed by atoms with Crippen molar-refractivity contribution in [2.75, 3.05) is 6.61 Å². The van der Waals surface area contributed by atoms with Gasteiger partial charge in [-0.3, -0.25) is 0 Å². The van der Waals surface area contributed by atoms with Crippen LogP contribution in [0.15, 0.2) is 6.20 Å². The predicted octanol–water partition coefficient (Wildman–Crippen LogP) is 3.03. The van der Waals surface area contributed by atoms with E-state index in [1.54, 1.807) is 0 Å². The first-order chi connectivity index (χ1) is 9.20. The zero-order chi connectivity index (χ0) is 13.7. The number of aromatic nitrogens is 2. The molecule has 1 aromatic rings. The Balaban J connectivity index is 2.04. The molecule has 4 nitrogen and oxygen atoms in total. The van der Waals surface area contributed by atoms with Gasteiger partial charge in [-0.1, -0.05) is 27.2 Å². The molecule has 0 amide bonds. The lowest BCUT2D eigenvalue weighted by atomic mass is 10.2. The van der Waals surface area contributed by atoms with Crippen LogP contribution in [0, 0.1) is 0 Å². The van der Waals surface area contributed by atoms with Gasteiger partial charge in [0.05, 0.1) is 18.5 Å². The van der Waals surface area contributed by atoms with Crippen LogP contribution in [0.5, 0.6) is 5.75 Å². The van der Waals surface area contributed by atoms with E-state index in [-0.39, 0.29) is 0 Å². The highest BCUT2D eigenvalue weighted by Gasteiger charge is 2.21. The first-order valence-corrected chi connectivity index (χ1v) is 7.42. The van der Waals surface area contributed by atoms with Gasteiger partial charge in [0.25, 0.3) is 0 Å². The second-order valence-corrected chi connectivity index (χ2v) is 5.55. The maximum atomic E-state index is 5.80. The number of unbranched alkanes of at least 4 members (excludes halogenated alkanes) is 1. The highest BCUT2D eigenvalue weighted by molar-refractivity contribution is 5.25. The van der Waals surface area contributed by atoms with Crippen molar-refractivity contribution in [3.8, 4) is 5.75 Å². The van der Waals surface area contributed by atoms with E-state index in [9.17, 15) is 0 Å². The van der Waals surface area contributed by atoms with Crippen molar-refractivity contribution >= 4 is 0 Å². The van der Waals surface area contributed by atoms with Gasteiger partial charge in [0.15, 0.2) is 5.75 Å². The smallest absolute Gasteiger partial charge is 0.160 e. The molecule has 2 rings (SSSR count). The number of nitrogens with zero attached hydrogens (tertiary/aromatic N) is 2. The van der Waals surface area contributed by atoms with E-state index in [1.807, 2.05) is 6.20 Å². The molecule has 0 aliphatic heterocycles. The van der Waals surface area contributed by atoms with E-state index in [0.29, 0.717) is 12.0 Å². The minimum Gasteiger partial charge on any atom is -0.490 e. The first kappa shape index (κ1) is 14.3. The van der Waals surface area contributed by atoms with Crippen molar-refractivity contribution in [3.05, 3.63) is 17.7 Å². The normalized spacial score (nSPS) is 14.9. The quantitative estimate of drug-likeness (QED) is 0.732. The summed E-state index contributed by atoms with van der Waals surface area (Å²) >= 11 is 0. The monoisotopic (exact) mass is 263 g/mol. The Hall–Kier alpha value is -1.16. The Morgan fingerprint density at radius 3 is 2.84 bits per heavy atom. The van der Waals surface area contributed by atoms with Gasteiger partial charge in [-0.15, -0.1) is 0 Å². The van der Waals surface area contributed by atoms with E-state index in [2.05, 4.69) is 36.1 Å². The Morgan fingerprint density at radius 1 is 1.42 bits per heavy atom. The largest absolute Gasteiger partial charge is 0.490 e. The summed E-state index contributed by atoms with van der Waals surface area (Å²) < 4.78 is 5.80. The minimum atomic E-state index is 0.351. The molecular formula is C15H25N3O. The maximum Gasteiger partial charge on any atom is 0.160 e. The van der Waals surface area contributed by atoms with Crippen LogP contribution in [-0.2, 0) is 6.54 Å². The summed E-state index contributed by atoms with van der Waals surface area (Å²) in [4.78, 5) is 9.05. The second kappa shape index (κ2) is 6.85. The molecule has 0 unspecified atom stereocenters. The van der Waals surface area contributed by atoms with E-state index in [0.717, 1.165) is 43.3 Å². The summed E-state index contributed by atoms with van der Waals surface area (Å²) in [5.41, 5.74) is 1.00. The summed E-state index contributed by atoms with van der Waals surface area (Å²) in [6, 6.07) is 0.681. The van der Waals surface area contributed by atoms with Crippen LogP contribution >= 0.6 is 0 Å². The summed E-state index contributed by atoms with van der Waals surface area (Å²) in [6.45, 7) is 7.93. The van der Waals surface area contributed by atoms with Gasteiger partial charge < -0.3 is 10.1 Å². The fourth-order valence-electron chi connectivity index (χ4n) is 1.80. The van der Waals surface area contributed by atoms with Gasteiger partial charge >= 0.3 is 0 Å². The Kier molecular flexibility index (Phi) is 5.14. The van der Waals surface area contributed by atoms with E-state index in [1.165, 1.54) is 12.8 Å². The molecular weight excluding hydrogens is 238 g/mol. The molecule has 0 atom stereocenters. The van der Waals surface area contributed by atoms with E-state index >= 15 is 0 Å². The molecule has 1 aliphatic carbocycles. The fraction of sp³-hybridized carbons (Fsp3) is 0.733. The third-order valence-electron chi connectivity index (χ3n) is 3.26. The average Bonchev–Trinajstić information content (AvgIpc) is 3.21. The number of hydrogen-bond donors (Lipinski definition) is 1.